The fraction of sp³-hybridized carbons (Fsp3) is 0.0517. The minimum atomic E-state index is 0.469. The summed E-state index contributed by atoms with van der Waals surface area (Å²) < 4.78 is 4.90. The van der Waals surface area contributed by atoms with Crippen LogP contribution in [0.1, 0.15) is 39.9 Å². The molecule has 3 N–H and O–H groups in total. The van der Waals surface area contributed by atoms with Crippen molar-refractivity contribution in [2.75, 3.05) is 5.73 Å². The van der Waals surface area contributed by atoms with Gasteiger partial charge in [0.05, 0.1) is 22.3 Å². The topological polar surface area (TPSA) is 59.7 Å². The van der Waals surface area contributed by atoms with Crippen molar-refractivity contribution in [3.63, 3.8) is 0 Å². The van der Waals surface area contributed by atoms with Gasteiger partial charge in [-0.15, -0.1) is 0 Å². The van der Waals surface area contributed by atoms with Gasteiger partial charge in [-0.25, -0.2) is 0 Å². The number of aromatic nitrogens is 2. The predicted octanol–water partition coefficient (Wildman–Crippen LogP) is 14.4. The Morgan fingerprint density at radius 2 is 1.08 bits per heavy atom. The van der Waals surface area contributed by atoms with Gasteiger partial charge in [0.15, 0.2) is 0 Å². The standard InChI is InChI=1S/C37H28N2.C21H16N2/c1-25-21-23-27(24-22-25)39-33-18-8-6-14-31(33)37-29(16-10-20-35(37)39)28-15-9-19-34-36(28)30-13-5-7-17-32(30)38(34)26-11-3-2-4-12-26;22-19-13-12-15-7-2-4-10-17(15)20(19)21(23)18-11-5-8-14-6-1-3-9-16(14)18/h2-9,11-19,21-24H,10,20H2,1H3;1-13,23H,22H2. The van der Waals surface area contributed by atoms with E-state index >= 15 is 0 Å². The van der Waals surface area contributed by atoms with E-state index in [1.165, 1.54) is 72.0 Å². The highest BCUT2D eigenvalue weighted by atomic mass is 15.0. The van der Waals surface area contributed by atoms with Gasteiger partial charge in [0.25, 0.3) is 0 Å². The third-order valence-corrected chi connectivity index (χ3v) is 12.5. The largest absolute Gasteiger partial charge is 0.398 e. The Kier molecular flexibility index (Phi) is 9.13. The van der Waals surface area contributed by atoms with E-state index in [0.29, 0.717) is 11.4 Å². The van der Waals surface area contributed by atoms with E-state index in [4.69, 9.17) is 11.1 Å². The van der Waals surface area contributed by atoms with Crippen molar-refractivity contribution >= 4 is 71.2 Å². The number of hydrogen-bond acceptors (Lipinski definition) is 2. The van der Waals surface area contributed by atoms with Gasteiger partial charge < -0.3 is 14.9 Å². The smallest absolute Gasteiger partial charge is 0.0717 e. The molecular formula is C58H44N4. The third kappa shape index (κ3) is 6.11. The number of para-hydroxylation sites is 3. The van der Waals surface area contributed by atoms with Crippen LogP contribution in [0.5, 0.6) is 0 Å². The van der Waals surface area contributed by atoms with Gasteiger partial charge in [0.1, 0.15) is 0 Å². The minimum Gasteiger partial charge on any atom is -0.398 e. The average Bonchev–Trinajstić information content (AvgIpc) is 3.85. The normalized spacial score (nSPS) is 12.4. The first-order valence-electron chi connectivity index (χ1n) is 21.4. The summed E-state index contributed by atoms with van der Waals surface area (Å²) in [6.07, 6.45) is 4.53. The van der Waals surface area contributed by atoms with Gasteiger partial charge in [-0.3, -0.25) is 5.41 Å². The number of aryl methyl sites for hydroxylation is 1. The molecule has 2 heterocycles. The molecule has 0 unspecified atom stereocenters. The molecule has 0 saturated carbocycles. The minimum absolute atomic E-state index is 0.469. The number of nitrogens with two attached hydrogens (primary N) is 1. The Morgan fingerprint density at radius 1 is 0.500 bits per heavy atom. The van der Waals surface area contributed by atoms with Crippen LogP contribution in [0.4, 0.5) is 5.69 Å². The molecule has 4 nitrogen and oxygen atoms in total. The molecule has 2 aromatic heterocycles. The lowest BCUT2D eigenvalue weighted by Gasteiger charge is -2.19. The summed E-state index contributed by atoms with van der Waals surface area (Å²) in [6.45, 7) is 2.15. The van der Waals surface area contributed by atoms with E-state index in [0.717, 1.165) is 45.5 Å². The summed E-state index contributed by atoms with van der Waals surface area (Å²) in [7, 11) is 0. The predicted molar refractivity (Wildman–Crippen MR) is 262 cm³/mol. The number of anilines is 1. The number of nitrogen functional groups attached to an aromatic ring is 1. The second-order valence-electron chi connectivity index (χ2n) is 16.2. The highest BCUT2D eigenvalue weighted by molar-refractivity contribution is 6.25. The number of hydrogen-bond donors (Lipinski definition) is 2. The second kappa shape index (κ2) is 15.3. The fourth-order valence-corrected chi connectivity index (χ4v) is 9.76. The third-order valence-electron chi connectivity index (χ3n) is 12.5. The van der Waals surface area contributed by atoms with Crippen LogP contribution in [-0.4, -0.2) is 14.8 Å². The molecule has 1 aliphatic carbocycles. The van der Waals surface area contributed by atoms with Crippen LogP contribution in [0, 0.1) is 12.3 Å². The van der Waals surface area contributed by atoms with Crippen molar-refractivity contribution in [2.24, 2.45) is 0 Å². The van der Waals surface area contributed by atoms with Crippen LogP contribution in [0.15, 0.2) is 206 Å². The zero-order valence-corrected chi connectivity index (χ0v) is 34.5. The molecule has 62 heavy (non-hydrogen) atoms. The Hall–Kier alpha value is -7.95. The summed E-state index contributed by atoms with van der Waals surface area (Å²) in [5.41, 5.74) is 22.0. The Bertz CT molecular complexity index is 3540. The van der Waals surface area contributed by atoms with E-state index in [1.54, 1.807) is 0 Å². The quantitative estimate of drug-likeness (QED) is 0.132. The summed E-state index contributed by atoms with van der Waals surface area (Å²) in [4.78, 5) is 0. The lowest BCUT2D eigenvalue weighted by atomic mass is 9.87. The Morgan fingerprint density at radius 3 is 1.85 bits per heavy atom. The van der Waals surface area contributed by atoms with E-state index in [2.05, 4.69) is 168 Å². The zero-order valence-electron chi connectivity index (χ0n) is 34.5. The number of fused-ring (bicyclic) bond motifs is 8. The van der Waals surface area contributed by atoms with Crippen molar-refractivity contribution in [3.05, 3.63) is 240 Å². The van der Waals surface area contributed by atoms with Crippen molar-refractivity contribution in [1.29, 1.82) is 5.41 Å². The molecule has 0 bridgehead atoms. The molecule has 0 aliphatic heterocycles. The van der Waals surface area contributed by atoms with Crippen LogP contribution >= 0.6 is 0 Å². The van der Waals surface area contributed by atoms with E-state index in [1.807, 2.05) is 54.6 Å². The van der Waals surface area contributed by atoms with Gasteiger partial charge in [-0.1, -0.05) is 163 Å². The maximum absolute atomic E-state index is 8.80. The zero-order chi connectivity index (χ0) is 41.7. The van der Waals surface area contributed by atoms with Crippen molar-refractivity contribution in [1.82, 2.24) is 9.13 Å². The molecule has 12 rings (SSSR count). The SMILES string of the molecule is Cc1ccc(-n2c3c(c4ccccc42)C(c2cccc4c2c2ccccc2n4-c2ccccc2)=CCC3)cc1.N=C(c1cccc2ccccc12)c1c(N)ccc2ccccc12. The van der Waals surface area contributed by atoms with Crippen LogP contribution in [-0.2, 0) is 6.42 Å². The van der Waals surface area contributed by atoms with Crippen molar-refractivity contribution in [3.8, 4) is 11.4 Å². The monoisotopic (exact) mass is 796 g/mol. The van der Waals surface area contributed by atoms with E-state index < -0.39 is 0 Å². The van der Waals surface area contributed by atoms with Gasteiger partial charge in [0, 0.05) is 55.6 Å². The molecule has 0 amide bonds. The van der Waals surface area contributed by atoms with Crippen molar-refractivity contribution < 1.29 is 0 Å². The number of benzene rings is 9. The number of nitrogens with one attached hydrogen (secondary N) is 1. The molecule has 0 radical (unpaired) electrons. The second-order valence-corrected chi connectivity index (χ2v) is 16.2. The molecule has 0 spiro atoms. The molecule has 296 valence electrons. The average molecular weight is 797 g/mol. The molecule has 4 heteroatoms. The molecular weight excluding hydrogens is 753 g/mol. The van der Waals surface area contributed by atoms with Crippen molar-refractivity contribution in [2.45, 2.75) is 19.8 Å². The van der Waals surface area contributed by atoms with Crippen LogP contribution in [0.2, 0.25) is 0 Å². The first kappa shape index (κ1) is 37.1. The fourth-order valence-electron chi connectivity index (χ4n) is 9.76. The lowest BCUT2D eigenvalue weighted by Crippen LogP contribution is -2.07. The highest BCUT2D eigenvalue weighted by Gasteiger charge is 2.26. The van der Waals surface area contributed by atoms with Crippen LogP contribution in [0.25, 0.3) is 71.2 Å². The van der Waals surface area contributed by atoms with E-state index in [9.17, 15) is 0 Å². The molecule has 11 aromatic rings. The summed E-state index contributed by atoms with van der Waals surface area (Å²) in [5, 5.41) is 17.1. The highest BCUT2D eigenvalue weighted by Crippen LogP contribution is 2.45. The first-order chi connectivity index (χ1) is 30.5. The maximum Gasteiger partial charge on any atom is 0.0717 e. The van der Waals surface area contributed by atoms with Gasteiger partial charge in [0.2, 0.25) is 0 Å². The summed E-state index contributed by atoms with van der Waals surface area (Å²) in [5.74, 6) is 0. The molecule has 0 saturated heterocycles. The molecule has 1 aliphatic rings. The number of rotatable bonds is 5. The Balaban J connectivity index is 0.000000160. The molecule has 0 fully saturated rings. The summed E-state index contributed by atoms with van der Waals surface area (Å²) >= 11 is 0. The van der Waals surface area contributed by atoms with Crippen LogP contribution < -0.4 is 5.73 Å². The summed E-state index contributed by atoms with van der Waals surface area (Å²) in [6, 6.07) is 70.4. The van der Waals surface area contributed by atoms with Gasteiger partial charge in [-0.2, -0.15) is 0 Å². The molecule has 9 aromatic carbocycles. The maximum atomic E-state index is 8.80. The van der Waals surface area contributed by atoms with Gasteiger partial charge >= 0.3 is 0 Å². The van der Waals surface area contributed by atoms with Crippen LogP contribution in [0.3, 0.4) is 0 Å². The van der Waals surface area contributed by atoms with Gasteiger partial charge in [-0.05, 0) is 101 Å². The lowest BCUT2D eigenvalue weighted by molar-refractivity contribution is 0.884. The van der Waals surface area contributed by atoms with E-state index in [-0.39, 0.29) is 0 Å². The number of allylic oxidation sites excluding steroid dienone is 1. The Labute approximate surface area is 360 Å². The number of nitrogens with zero attached hydrogens (tertiary/aromatic N) is 2. The molecule has 0 atom stereocenters. The first-order valence-corrected chi connectivity index (χ1v) is 21.4.